The van der Waals surface area contributed by atoms with E-state index in [1.54, 1.807) is 6.07 Å². The maximum Gasteiger partial charge on any atom is 0.416 e. The van der Waals surface area contributed by atoms with Crippen molar-refractivity contribution in [3.8, 4) is 5.69 Å². The Morgan fingerprint density at radius 3 is 2.47 bits per heavy atom. The van der Waals surface area contributed by atoms with Gasteiger partial charge in [-0.2, -0.15) is 18.3 Å². The molecule has 0 unspecified atom stereocenters. The summed E-state index contributed by atoms with van der Waals surface area (Å²) in [7, 11) is 0. The highest BCUT2D eigenvalue weighted by atomic mass is 19.4. The van der Waals surface area contributed by atoms with Gasteiger partial charge in [0.25, 0.3) is 0 Å². The molecule has 102 valence electrons. The third-order valence-electron chi connectivity index (χ3n) is 2.76. The third-order valence-corrected chi connectivity index (χ3v) is 2.76. The first-order valence-electron chi connectivity index (χ1n) is 5.81. The predicted molar refractivity (Wildman–Crippen MR) is 67.1 cm³/mol. The number of benzene rings is 1. The fourth-order valence-electron chi connectivity index (χ4n) is 1.81. The Kier molecular flexibility index (Phi) is 3.26. The number of nitrogen functional groups attached to an aromatic ring is 1. The summed E-state index contributed by atoms with van der Waals surface area (Å²) in [5.41, 5.74) is 6.59. The Morgan fingerprint density at radius 2 is 1.95 bits per heavy atom. The number of rotatable bonds is 2. The predicted octanol–water partition coefficient (Wildman–Crippen LogP) is 3.60. The summed E-state index contributed by atoms with van der Waals surface area (Å²) < 4.78 is 39.3. The monoisotopic (exact) mass is 269 g/mol. The van der Waals surface area contributed by atoms with Crippen LogP contribution in [0.15, 0.2) is 30.5 Å². The number of hydrogen-bond donors (Lipinski definition) is 1. The molecule has 0 bridgehead atoms. The van der Waals surface area contributed by atoms with Crippen LogP contribution in [0.4, 0.5) is 18.9 Å². The summed E-state index contributed by atoms with van der Waals surface area (Å²) in [6.07, 6.45) is -2.83. The molecule has 0 amide bonds. The summed E-state index contributed by atoms with van der Waals surface area (Å²) in [5.74, 6) is 0.118. The van der Waals surface area contributed by atoms with E-state index in [2.05, 4.69) is 5.10 Å². The fraction of sp³-hybridized carbons (Fsp3) is 0.308. The Hall–Kier alpha value is -1.98. The quantitative estimate of drug-likeness (QED) is 0.905. The Labute approximate surface area is 108 Å². The topological polar surface area (TPSA) is 43.8 Å². The number of hydrogen-bond acceptors (Lipinski definition) is 2. The molecule has 0 aliphatic rings. The maximum absolute atomic E-state index is 12.6. The zero-order valence-electron chi connectivity index (χ0n) is 10.6. The first-order chi connectivity index (χ1) is 8.79. The second kappa shape index (κ2) is 4.60. The lowest BCUT2D eigenvalue weighted by Gasteiger charge is -2.08. The van der Waals surface area contributed by atoms with Crippen molar-refractivity contribution in [2.24, 2.45) is 0 Å². The van der Waals surface area contributed by atoms with Gasteiger partial charge in [-0.25, -0.2) is 4.68 Å². The molecule has 0 saturated carbocycles. The smallest absolute Gasteiger partial charge is 0.396 e. The first-order valence-corrected chi connectivity index (χ1v) is 5.81. The van der Waals surface area contributed by atoms with Crippen molar-refractivity contribution in [1.82, 2.24) is 9.78 Å². The van der Waals surface area contributed by atoms with Crippen LogP contribution in [0.25, 0.3) is 5.69 Å². The molecule has 0 saturated heterocycles. The van der Waals surface area contributed by atoms with Crippen LogP contribution >= 0.6 is 0 Å². The Bertz CT molecular complexity index is 585. The number of aromatic nitrogens is 2. The van der Waals surface area contributed by atoms with Gasteiger partial charge in [0.05, 0.1) is 28.8 Å². The molecule has 3 nitrogen and oxygen atoms in total. The van der Waals surface area contributed by atoms with Crippen LogP contribution in [0.1, 0.15) is 31.0 Å². The van der Waals surface area contributed by atoms with Crippen LogP contribution in [-0.2, 0) is 6.18 Å². The minimum absolute atomic E-state index is 0.118. The van der Waals surface area contributed by atoms with Gasteiger partial charge >= 0.3 is 6.18 Å². The summed E-state index contributed by atoms with van der Waals surface area (Å²) >= 11 is 0. The Balaban J connectivity index is 2.45. The molecule has 0 aliphatic heterocycles. The summed E-state index contributed by atoms with van der Waals surface area (Å²) in [6, 6.07) is 4.99. The molecule has 1 aromatic heterocycles. The number of anilines is 1. The zero-order valence-corrected chi connectivity index (χ0v) is 10.6. The SMILES string of the molecule is CC(C)c1nn(-c2cccc(C(F)(F)F)c2)cc1N. The highest BCUT2D eigenvalue weighted by Gasteiger charge is 2.30. The van der Waals surface area contributed by atoms with Crippen molar-refractivity contribution in [3.05, 3.63) is 41.7 Å². The van der Waals surface area contributed by atoms with Crippen LogP contribution in [0.3, 0.4) is 0 Å². The van der Waals surface area contributed by atoms with E-state index in [1.165, 1.54) is 16.9 Å². The maximum atomic E-state index is 12.6. The molecule has 0 atom stereocenters. The van der Waals surface area contributed by atoms with E-state index < -0.39 is 11.7 Å². The molecule has 0 fully saturated rings. The summed E-state index contributed by atoms with van der Waals surface area (Å²) in [5, 5.41) is 4.23. The summed E-state index contributed by atoms with van der Waals surface area (Å²) in [4.78, 5) is 0. The lowest BCUT2D eigenvalue weighted by Crippen LogP contribution is -2.06. The standard InChI is InChI=1S/C13H14F3N3/c1-8(2)12-11(17)7-19(18-12)10-5-3-4-9(6-10)13(14,15)16/h3-8H,17H2,1-2H3. The van der Waals surface area contributed by atoms with E-state index in [0.29, 0.717) is 17.1 Å². The first kappa shape index (κ1) is 13.5. The van der Waals surface area contributed by atoms with Crippen LogP contribution in [0.2, 0.25) is 0 Å². The molecule has 0 spiro atoms. The lowest BCUT2D eigenvalue weighted by molar-refractivity contribution is -0.137. The van der Waals surface area contributed by atoms with Gasteiger partial charge in [-0.1, -0.05) is 19.9 Å². The van der Waals surface area contributed by atoms with Crippen molar-refractivity contribution in [2.45, 2.75) is 25.9 Å². The molecule has 2 rings (SSSR count). The fourth-order valence-corrected chi connectivity index (χ4v) is 1.81. The molecule has 0 radical (unpaired) electrons. The van der Waals surface area contributed by atoms with Gasteiger partial charge in [0.2, 0.25) is 0 Å². The second-order valence-electron chi connectivity index (χ2n) is 4.62. The van der Waals surface area contributed by atoms with Crippen molar-refractivity contribution in [3.63, 3.8) is 0 Å². The molecule has 6 heteroatoms. The minimum Gasteiger partial charge on any atom is -0.396 e. The molecular weight excluding hydrogens is 255 g/mol. The molecule has 19 heavy (non-hydrogen) atoms. The average Bonchev–Trinajstić information content (AvgIpc) is 2.70. The van der Waals surface area contributed by atoms with Crippen molar-refractivity contribution >= 4 is 5.69 Å². The number of nitrogens with two attached hydrogens (primary N) is 1. The van der Waals surface area contributed by atoms with Gasteiger partial charge in [0, 0.05) is 0 Å². The van der Waals surface area contributed by atoms with Crippen LogP contribution in [-0.4, -0.2) is 9.78 Å². The molecule has 1 heterocycles. The van der Waals surface area contributed by atoms with Crippen LogP contribution in [0, 0.1) is 0 Å². The Morgan fingerprint density at radius 1 is 1.26 bits per heavy atom. The normalized spacial score (nSPS) is 12.1. The van der Waals surface area contributed by atoms with Crippen molar-refractivity contribution in [2.75, 3.05) is 5.73 Å². The van der Waals surface area contributed by atoms with Crippen LogP contribution in [0.5, 0.6) is 0 Å². The van der Waals surface area contributed by atoms with Gasteiger partial charge in [-0.15, -0.1) is 0 Å². The molecule has 2 N–H and O–H groups in total. The van der Waals surface area contributed by atoms with E-state index in [9.17, 15) is 13.2 Å². The average molecular weight is 269 g/mol. The molecule has 1 aromatic carbocycles. The molecular formula is C13H14F3N3. The summed E-state index contributed by atoms with van der Waals surface area (Å²) in [6.45, 7) is 3.85. The highest BCUT2D eigenvalue weighted by molar-refractivity contribution is 5.46. The van der Waals surface area contributed by atoms with Crippen molar-refractivity contribution in [1.29, 1.82) is 0 Å². The van der Waals surface area contributed by atoms with E-state index in [0.717, 1.165) is 12.1 Å². The number of nitrogens with zero attached hydrogens (tertiary/aromatic N) is 2. The third kappa shape index (κ3) is 2.72. The van der Waals surface area contributed by atoms with Crippen molar-refractivity contribution < 1.29 is 13.2 Å². The number of halogens is 3. The van der Waals surface area contributed by atoms with E-state index in [1.807, 2.05) is 13.8 Å². The van der Waals surface area contributed by atoms with Gasteiger partial charge in [-0.05, 0) is 24.1 Å². The van der Waals surface area contributed by atoms with Crippen LogP contribution < -0.4 is 5.73 Å². The highest BCUT2D eigenvalue weighted by Crippen LogP contribution is 2.30. The molecule has 0 aliphatic carbocycles. The van der Waals surface area contributed by atoms with Gasteiger partial charge in [-0.3, -0.25) is 0 Å². The van der Waals surface area contributed by atoms with E-state index in [-0.39, 0.29) is 5.92 Å². The molecule has 2 aromatic rings. The van der Waals surface area contributed by atoms with E-state index in [4.69, 9.17) is 5.73 Å². The minimum atomic E-state index is -4.37. The zero-order chi connectivity index (χ0) is 14.2. The second-order valence-corrected chi connectivity index (χ2v) is 4.62. The lowest BCUT2D eigenvalue weighted by atomic mass is 10.1. The van der Waals surface area contributed by atoms with Gasteiger partial charge in [0.1, 0.15) is 0 Å². The van der Waals surface area contributed by atoms with Gasteiger partial charge < -0.3 is 5.73 Å². The largest absolute Gasteiger partial charge is 0.416 e. The number of alkyl halides is 3. The van der Waals surface area contributed by atoms with Gasteiger partial charge in [0.15, 0.2) is 0 Å². The van der Waals surface area contributed by atoms with E-state index >= 15 is 0 Å².